The third-order valence-corrected chi connectivity index (χ3v) is 3.04. The van der Waals surface area contributed by atoms with E-state index in [0.29, 0.717) is 25.3 Å². The van der Waals surface area contributed by atoms with Crippen molar-refractivity contribution in [3.8, 4) is 0 Å². The van der Waals surface area contributed by atoms with Gasteiger partial charge in [-0.1, -0.05) is 6.07 Å². The number of methoxy groups -OCH3 is 1. The molecule has 0 bridgehead atoms. The standard InChI is InChI=1S/C15H24N2O3/c1-16(2)14-7-4-6-13(12-14)15(19)17(9-10-18)8-5-11-20-3/h4,6-7,12,18H,5,8-11H2,1-3H3. The van der Waals surface area contributed by atoms with Crippen LogP contribution in [0.4, 0.5) is 5.69 Å². The minimum absolute atomic E-state index is 0.0356. The SMILES string of the molecule is COCCCN(CCO)C(=O)c1cccc(N(C)C)c1. The molecule has 0 spiro atoms. The second-order valence-corrected chi connectivity index (χ2v) is 4.81. The third-order valence-electron chi connectivity index (χ3n) is 3.04. The maximum Gasteiger partial charge on any atom is 0.254 e. The Bertz CT molecular complexity index is 421. The van der Waals surface area contributed by atoms with E-state index in [2.05, 4.69) is 0 Å². The van der Waals surface area contributed by atoms with Crippen molar-refractivity contribution in [3.63, 3.8) is 0 Å². The zero-order valence-electron chi connectivity index (χ0n) is 12.5. The van der Waals surface area contributed by atoms with Crippen LogP contribution in [0.1, 0.15) is 16.8 Å². The van der Waals surface area contributed by atoms with Gasteiger partial charge in [0.05, 0.1) is 6.61 Å². The highest BCUT2D eigenvalue weighted by atomic mass is 16.5. The number of carbonyl (C=O) groups is 1. The lowest BCUT2D eigenvalue weighted by molar-refractivity contribution is 0.0701. The smallest absolute Gasteiger partial charge is 0.254 e. The molecular formula is C15H24N2O3. The monoisotopic (exact) mass is 280 g/mol. The Morgan fingerprint density at radius 1 is 1.30 bits per heavy atom. The number of anilines is 1. The van der Waals surface area contributed by atoms with Crippen molar-refractivity contribution in [1.29, 1.82) is 0 Å². The van der Waals surface area contributed by atoms with Gasteiger partial charge in [0.2, 0.25) is 0 Å². The Hall–Kier alpha value is -1.59. The number of amides is 1. The van der Waals surface area contributed by atoms with Crippen LogP contribution >= 0.6 is 0 Å². The molecule has 1 aromatic rings. The van der Waals surface area contributed by atoms with Gasteiger partial charge in [0.15, 0.2) is 0 Å². The summed E-state index contributed by atoms with van der Waals surface area (Å²) in [6.07, 6.45) is 0.760. The number of benzene rings is 1. The second-order valence-electron chi connectivity index (χ2n) is 4.81. The van der Waals surface area contributed by atoms with Crippen molar-refractivity contribution in [2.24, 2.45) is 0 Å². The number of aliphatic hydroxyl groups is 1. The van der Waals surface area contributed by atoms with Crippen LogP contribution in [0.3, 0.4) is 0 Å². The minimum atomic E-state index is -0.0566. The van der Waals surface area contributed by atoms with E-state index in [1.807, 2.05) is 37.2 Å². The van der Waals surface area contributed by atoms with Crippen LogP contribution < -0.4 is 4.90 Å². The zero-order chi connectivity index (χ0) is 15.0. The molecule has 5 heteroatoms. The van der Waals surface area contributed by atoms with Gasteiger partial charge in [0, 0.05) is 52.2 Å². The summed E-state index contributed by atoms with van der Waals surface area (Å²) in [6.45, 7) is 1.49. The van der Waals surface area contributed by atoms with Crippen molar-refractivity contribution in [2.45, 2.75) is 6.42 Å². The number of nitrogens with zero attached hydrogens (tertiary/aromatic N) is 2. The Morgan fingerprint density at radius 3 is 2.65 bits per heavy atom. The van der Waals surface area contributed by atoms with Crippen LogP contribution in [0.15, 0.2) is 24.3 Å². The highest BCUT2D eigenvalue weighted by molar-refractivity contribution is 5.95. The average molecular weight is 280 g/mol. The summed E-state index contributed by atoms with van der Waals surface area (Å²) in [5.41, 5.74) is 1.62. The number of hydrogen-bond acceptors (Lipinski definition) is 4. The van der Waals surface area contributed by atoms with Gasteiger partial charge in [0.1, 0.15) is 0 Å². The van der Waals surface area contributed by atoms with Gasteiger partial charge in [-0.2, -0.15) is 0 Å². The molecule has 5 nitrogen and oxygen atoms in total. The van der Waals surface area contributed by atoms with Gasteiger partial charge in [-0.05, 0) is 24.6 Å². The predicted octanol–water partition coefficient (Wildman–Crippen LogP) is 1.22. The van der Waals surface area contributed by atoms with Gasteiger partial charge in [-0.3, -0.25) is 4.79 Å². The van der Waals surface area contributed by atoms with Gasteiger partial charge in [-0.15, -0.1) is 0 Å². The highest BCUT2D eigenvalue weighted by Crippen LogP contribution is 2.15. The van der Waals surface area contributed by atoms with E-state index in [1.54, 1.807) is 18.1 Å². The van der Waals surface area contributed by atoms with E-state index in [4.69, 9.17) is 9.84 Å². The molecule has 0 aliphatic rings. The van der Waals surface area contributed by atoms with Crippen LogP contribution in [0.5, 0.6) is 0 Å². The van der Waals surface area contributed by atoms with Crippen LogP contribution in [0.25, 0.3) is 0 Å². The molecule has 0 heterocycles. The first-order valence-electron chi connectivity index (χ1n) is 6.76. The van der Waals surface area contributed by atoms with Crippen LogP contribution in [0.2, 0.25) is 0 Å². The fourth-order valence-corrected chi connectivity index (χ4v) is 1.94. The Balaban J connectivity index is 2.79. The van der Waals surface area contributed by atoms with Crippen LogP contribution in [-0.2, 0) is 4.74 Å². The molecule has 1 rings (SSSR count). The Morgan fingerprint density at radius 2 is 2.05 bits per heavy atom. The summed E-state index contributed by atoms with van der Waals surface area (Å²) < 4.78 is 5.00. The van der Waals surface area contributed by atoms with Crippen molar-refractivity contribution in [1.82, 2.24) is 4.90 Å². The topological polar surface area (TPSA) is 53.0 Å². The van der Waals surface area contributed by atoms with E-state index in [9.17, 15) is 4.79 Å². The third kappa shape index (κ3) is 4.83. The molecule has 1 aromatic carbocycles. The van der Waals surface area contributed by atoms with Crippen molar-refractivity contribution >= 4 is 11.6 Å². The molecule has 0 unspecified atom stereocenters. The van der Waals surface area contributed by atoms with Crippen molar-refractivity contribution in [2.75, 3.05) is 52.4 Å². The molecule has 0 saturated heterocycles. The first-order chi connectivity index (χ1) is 9.60. The molecule has 0 atom stereocenters. The first kappa shape index (κ1) is 16.5. The molecule has 0 aliphatic carbocycles. The largest absolute Gasteiger partial charge is 0.395 e. The molecule has 1 amide bonds. The van der Waals surface area contributed by atoms with E-state index >= 15 is 0 Å². The van der Waals surface area contributed by atoms with Crippen molar-refractivity contribution < 1.29 is 14.6 Å². The number of hydrogen-bond donors (Lipinski definition) is 1. The van der Waals surface area contributed by atoms with E-state index < -0.39 is 0 Å². The lowest BCUT2D eigenvalue weighted by atomic mass is 10.1. The summed E-state index contributed by atoms with van der Waals surface area (Å²) >= 11 is 0. The highest BCUT2D eigenvalue weighted by Gasteiger charge is 2.15. The molecule has 0 aliphatic heterocycles. The average Bonchev–Trinajstić information content (AvgIpc) is 2.46. The lowest BCUT2D eigenvalue weighted by Crippen LogP contribution is -2.35. The molecular weight excluding hydrogens is 256 g/mol. The fraction of sp³-hybridized carbons (Fsp3) is 0.533. The molecule has 0 aromatic heterocycles. The lowest BCUT2D eigenvalue weighted by Gasteiger charge is -2.22. The van der Waals surface area contributed by atoms with Crippen LogP contribution in [-0.4, -0.2) is 63.4 Å². The Kier molecular flexibility index (Phi) is 7.04. The molecule has 1 N–H and O–H groups in total. The van der Waals surface area contributed by atoms with E-state index in [0.717, 1.165) is 12.1 Å². The maximum absolute atomic E-state index is 12.5. The van der Waals surface area contributed by atoms with Gasteiger partial charge >= 0.3 is 0 Å². The van der Waals surface area contributed by atoms with Gasteiger partial charge in [0.25, 0.3) is 5.91 Å². The summed E-state index contributed by atoms with van der Waals surface area (Å²) in [6, 6.07) is 7.49. The molecule has 0 saturated carbocycles. The zero-order valence-corrected chi connectivity index (χ0v) is 12.5. The second kappa shape index (κ2) is 8.55. The first-order valence-corrected chi connectivity index (χ1v) is 6.76. The molecule has 0 fully saturated rings. The van der Waals surface area contributed by atoms with E-state index in [1.165, 1.54) is 0 Å². The number of carbonyl (C=O) groups excluding carboxylic acids is 1. The van der Waals surface area contributed by atoms with Gasteiger partial charge in [-0.25, -0.2) is 0 Å². The number of aliphatic hydroxyl groups excluding tert-OH is 1. The molecule has 112 valence electrons. The summed E-state index contributed by atoms with van der Waals surface area (Å²) in [5, 5.41) is 9.10. The van der Waals surface area contributed by atoms with Crippen molar-refractivity contribution in [3.05, 3.63) is 29.8 Å². The maximum atomic E-state index is 12.5. The molecule has 0 radical (unpaired) electrons. The van der Waals surface area contributed by atoms with E-state index in [-0.39, 0.29) is 12.5 Å². The summed E-state index contributed by atoms with van der Waals surface area (Å²) in [7, 11) is 5.51. The minimum Gasteiger partial charge on any atom is -0.395 e. The van der Waals surface area contributed by atoms with Crippen LogP contribution in [0, 0.1) is 0 Å². The molecule has 20 heavy (non-hydrogen) atoms. The summed E-state index contributed by atoms with van der Waals surface area (Å²) in [5.74, 6) is -0.0566. The normalized spacial score (nSPS) is 10.4. The number of rotatable bonds is 8. The quantitative estimate of drug-likeness (QED) is 0.728. The Labute approximate surface area is 120 Å². The summed E-state index contributed by atoms with van der Waals surface area (Å²) in [4.78, 5) is 16.1. The predicted molar refractivity (Wildman–Crippen MR) is 80.3 cm³/mol. The van der Waals surface area contributed by atoms with Gasteiger partial charge < -0.3 is 19.6 Å². The number of ether oxygens (including phenoxy) is 1. The fourth-order valence-electron chi connectivity index (χ4n) is 1.94.